The zero-order valence-corrected chi connectivity index (χ0v) is 7.39. The lowest BCUT2D eigenvalue weighted by molar-refractivity contribution is -0.140. The standard InChI is InChI=1S/C7H4F3NO2S/c8-7(9,10)4-3-14-5(11-4)1-2-6(12)13/h1-3H,(H,12,13). The van der Waals surface area contributed by atoms with Gasteiger partial charge in [0, 0.05) is 11.5 Å². The summed E-state index contributed by atoms with van der Waals surface area (Å²) in [7, 11) is 0. The number of hydrogen-bond acceptors (Lipinski definition) is 3. The lowest BCUT2D eigenvalue weighted by Gasteiger charge is -1.98. The Morgan fingerprint density at radius 3 is 2.64 bits per heavy atom. The van der Waals surface area contributed by atoms with Crippen molar-refractivity contribution < 1.29 is 23.1 Å². The second kappa shape index (κ2) is 3.79. The van der Waals surface area contributed by atoms with E-state index in [0.717, 1.165) is 28.9 Å². The molecule has 0 atom stereocenters. The van der Waals surface area contributed by atoms with E-state index >= 15 is 0 Å². The van der Waals surface area contributed by atoms with Crippen molar-refractivity contribution in [3.05, 3.63) is 22.2 Å². The van der Waals surface area contributed by atoms with E-state index in [1.165, 1.54) is 0 Å². The molecule has 1 rings (SSSR count). The molecule has 0 aliphatic carbocycles. The van der Waals surface area contributed by atoms with Crippen LogP contribution in [-0.4, -0.2) is 16.1 Å². The highest BCUT2D eigenvalue weighted by Crippen LogP contribution is 2.30. The number of hydrogen-bond donors (Lipinski definition) is 1. The third-order valence-corrected chi connectivity index (χ3v) is 1.99. The summed E-state index contributed by atoms with van der Waals surface area (Å²) in [5.41, 5.74) is -1.01. The van der Waals surface area contributed by atoms with Gasteiger partial charge >= 0.3 is 12.1 Å². The van der Waals surface area contributed by atoms with Gasteiger partial charge in [0.15, 0.2) is 5.69 Å². The molecular formula is C7H4F3NO2S. The zero-order chi connectivity index (χ0) is 10.8. The number of halogens is 3. The fourth-order valence-corrected chi connectivity index (χ4v) is 1.35. The molecule has 0 bridgehead atoms. The number of rotatable bonds is 2. The van der Waals surface area contributed by atoms with Gasteiger partial charge in [-0.1, -0.05) is 0 Å². The number of thiazole rings is 1. The van der Waals surface area contributed by atoms with Crippen LogP contribution < -0.4 is 0 Å². The van der Waals surface area contributed by atoms with Crippen molar-refractivity contribution in [3.63, 3.8) is 0 Å². The van der Waals surface area contributed by atoms with Crippen LogP contribution in [0.3, 0.4) is 0 Å². The first-order chi connectivity index (χ1) is 6.39. The largest absolute Gasteiger partial charge is 0.478 e. The van der Waals surface area contributed by atoms with Gasteiger partial charge in [0.05, 0.1) is 0 Å². The number of aromatic nitrogens is 1. The van der Waals surface area contributed by atoms with E-state index in [4.69, 9.17) is 5.11 Å². The summed E-state index contributed by atoms with van der Waals surface area (Å²) in [6.45, 7) is 0. The van der Waals surface area contributed by atoms with Gasteiger partial charge < -0.3 is 5.11 Å². The molecule has 14 heavy (non-hydrogen) atoms. The monoisotopic (exact) mass is 223 g/mol. The van der Waals surface area contributed by atoms with Crippen LogP contribution in [0.2, 0.25) is 0 Å². The molecule has 0 aliphatic heterocycles. The Morgan fingerprint density at radius 1 is 1.57 bits per heavy atom. The zero-order valence-electron chi connectivity index (χ0n) is 6.58. The number of carboxylic acid groups (broad SMARTS) is 1. The van der Waals surface area contributed by atoms with Crippen LogP contribution in [0.25, 0.3) is 6.08 Å². The summed E-state index contributed by atoms with van der Waals surface area (Å²) in [4.78, 5) is 13.2. The van der Waals surface area contributed by atoms with Gasteiger partial charge in [-0.25, -0.2) is 9.78 Å². The molecular weight excluding hydrogens is 219 g/mol. The molecule has 1 N–H and O–H groups in total. The third kappa shape index (κ3) is 2.84. The molecule has 1 aromatic rings. The Hall–Kier alpha value is -1.37. The second-order valence-electron chi connectivity index (χ2n) is 2.24. The summed E-state index contributed by atoms with van der Waals surface area (Å²) in [6.07, 6.45) is -2.73. The Bertz CT molecular complexity index is 369. The van der Waals surface area contributed by atoms with Crippen LogP contribution >= 0.6 is 11.3 Å². The molecule has 7 heteroatoms. The quantitative estimate of drug-likeness (QED) is 0.782. The minimum atomic E-state index is -4.48. The highest BCUT2D eigenvalue weighted by molar-refractivity contribution is 7.10. The highest BCUT2D eigenvalue weighted by Gasteiger charge is 2.33. The number of alkyl halides is 3. The van der Waals surface area contributed by atoms with Crippen LogP contribution in [0, 0.1) is 0 Å². The average Bonchev–Trinajstić information content (AvgIpc) is 2.47. The molecule has 0 amide bonds. The van der Waals surface area contributed by atoms with Gasteiger partial charge in [0.25, 0.3) is 0 Å². The van der Waals surface area contributed by atoms with Crippen molar-refractivity contribution in [1.82, 2.24) is 4.98 Å². The fraction of sp³-hybridized carbons (Fsp3) is 0.143. The van der Waals surface area contributed by atoms with Gasteiger partial charge in [0.2, 0.25) is 0 Å². The van der Waals surface area contributed by atoms with Gasteiger partial charge in [-0.2, -0.15) is 13.2 Å². The topological polar surface area (TPSA) is 50.2 Å². The average molecular weight is 223 g/mol. The lowest BCUT2D eigenvalue weighted by atomic mass is 10.5. The molecule has 0 aliphatic rings. The molecule has 0 unspecified atom stereocenters. The first-order valence-corrected chi connectivity index (χ1v) is 4.21. The maximum absolute atomic E-state index is 12.0. The smallest absolute Gasteiger partial charge is 0.434 e. The SMILES string of the molecule is O=C(O)C=Cc1nc(C(F)(F)F)cs1. The summed E-state index contributed by atoms with van der Waals surface area (Å²) in [5.74, 6) is -1.23. The number of carbonyl (C=O) groups is 1. The van der Waals surface area contributed by atoms with Crippen molar-refractivity contribution in [2.24, 2.45) is 0 Å². The Balaban J connectivity index is 2.84. The van der Waals surface area contributed by atoms with E-state index < -0.39 is 17.8 Å². The van der Waals surface area contributed by atoms with E-state index in [1.807, 2.05) is 0 Å². The highest BCUT2D eigenvalue weighted by atomic mass is 32.1. The predicted octanol–water partition coefficient (Wildman–Crippen LogP) is 2.26. The summed E-state index contributed by atoms with van der Waals surface area (Å²) < 4.78 is 36.0. The van der Waals surface area contributed by atoms with E-state index in [2.05, 4.69) is 4.98 Å². The summed E-state index contributed by atoms with van der Waals surface area (Å²) >= 11 is 0.737. The van der Waals surface area contributed by atoms with Crippen LogP contribution in [0.5, 0.6) is 0 Å². The normalized spacial score (nSPS) is 12.2. The molecule has 0 spiro atoms. The molecule has 0 aromatic carbocycles. The van der Waals surface area contributed by atoms with Gasteiger partial charge in [-0.05, 0) is 6.08 Å². The maximum Gasteiger partial charge on any atom is 0.434 e. The minimum absolute atomic E-state index is 0.0136. The lowest BCUT2D eigenvalue weighted by Crippen LogP contribution is -2.04. The van der Waals surface area contributed by atoms with Crippen molar-refractivity contribution in [1.29, 1.82) is 0 Å². The summed E-state index contributed by atoms with van der Waals surface area (Å²) in [6, 6.07) is 0. The first-order valence-electron chi connectivity index (χ1n) is 3.33. The van der Waals surface area contributed by atoms with E-state index in [-0.39, 0.29) is 5.01 Å². The maximum atomic E-state index is 12.0. The fourth-order valence-electron chi connectivity index (χ4n) is 0.637. The van der Waals surface area contributed by atoms with Crippen LogP contribution in [0.15, 0.2) is 11.5 Å². The molecule has 1 heterocycles. The van der Waals surface area contributed by atoms with Gasteiger partial charge in [-0.15, -0.1) is 11.3 Å². The van der Waals surface area contributed by atoms with Crippen LogP contribution in [0.1, 0.15) is 10.7 Å². The summed E-state index contributed by atoms with van der Waals surface area (Å²) in [5, 5.41) is 9.06. The first kappa shape index (κ1) is 10.7. The van der Waals surface area contributed by atoms with Gasteiger partial charge in [0.1, 0.15) is 5.01 Å². The predicted molar refractivity (Wildman–Crippen MR) is 43.8 cm³/mol. The van der Waals surface area contributed by atoms with Crippen molar-refractivity contribution in [2.45, 2.75) is 6.18 Å². The molecule has 0 saturated heterocycles. The Kier molecular flexibility index (Phi) is 2.90. The third-order valence-electron chi connectivity index (χ3n) is 1.18. The van der Waals surface area contributed by atoms with E-state index in [0.29, 0.717) is 0 Å². The molecule has 0 saturated carbocycles. The van der Waals surface area contributed by atoms with E-state index in [9.17, 15) is 18.0 Å². The van der Waals surface area contributed by atoms with Crippen molar-refractivity contribution >= 4 is 23.4 Å². The molecule has 0 fully saturated rings. The van der Waals surface area contributed by atoms with Gasteiger partial charge in [-0.3, -0.25) is 0 Å². The molecule has 76 valence electrons. The number of aliphatic carboxylic acids is 1. The van der Waals surface area contributed by atoms with Crippen molar-refractivity contribution in [2.75, 3.05) is 0 Å². The molecule has 1 aromatic heterocycles. The number of carboxylic acids is 1. The van der Waals surface area contributed by atoms with Crippen molar-refractivity contribution in [3.8, 4) is 0 Å². The molecule has 3 nitrogen and oxygen atoms in total. The molecule has 0 radical (unpaired) electrons. The number of nitrogens with zero attached hydrogens (tertiary/aromatic N) is 1. The van der Waals surface area contributed by atoms with E-state index in [1.54, 1.807) is 0 Å². The Labute approximate surface area is 80.5 Å². The van der Waals surface area contributed by atoms with Crippen LogP contribution in [-0.2, 0) is 11.0 Å². The van der Waals surface area contributed by atoms with Crippen LogP contribution in [0.4, 0.5) is 13.2 Å². The second-order valence-corrected chi connectivity index (χ2v) is 3.13. The minimum Gasteiger partial charge on any atom is -0.478 e. The Morgan fingerprint density at radius 2 is 2.21 bits per heavy atom.